The van der Waals surface area contributed by atoms with E-state index in [0.717, 1.165) is 17.2 Å². The molecule has 5 heteroatoms. The minimum atomic E-state index is 0.438. The maximum absolute atomic E-state index is 5.60. The van der Waals surface area contributed by atoms with E-state index in [1.54, 1.807) is 11.8 Å². The standard InChI is InChI=1S/C12H15N3S2/c1-2-6-10(9-7-4-3-5-8-9)16-12-15-14-11(13)17-12/h3-5,7-8,10H,2,6H2,1H3,(H2,13,14). The number of rotatable bonds is 5. The number of nitrogens with two attached hydrogens (primary N) is 1. The molecule has 3 nitrogen and oxygen atoms in total. The molecular formula is C12H15N3S2. The van der Waals surface area contributed by atoms with Gasteiger partial charge in [-0.25, -0.2) is 0 Å². The minimum Gasteiger partial charge on any atom is -0.374 e. The quantitative estimate of drug-likeness (QED) is 0.836. The molecule has 2 aromatic rings. The molecule has 0 aliphatic heterocycles. The Morgan fingerprint density at radius 3 is 2.65 bits per heavy atom. The van der Waals surface area contributed by atoms with Gasteiger partial charge in [0.15, 0.2) is 4.34 Å². The highest BCUT2D eigenvalue weighted by atomic mass is 32.2. The molecule has 0 aliphatic carbocycles. The van der Waals surface area contributed by atoms with Crippen molar-refractivity contribution < 1.29 is 0 Å². The van der Waals surface area contributed by atoms with Crippen molar-refractivity contribution in [1.82, 2.24) is 10.2 Å². The third-order valence-corrected chi connectivity index (χ3v) is 4.55. The summed E-state index contributed by atoms with van der Waals surface area (Å²) in [6.07, 6.45) is 2.29. The van der Waals surface area contributed by atoms with Crippen LogP contribution >= 0.6 is 23.1 Å². The largest absolute Gasteiger partial charge is 0.374 e. The van der Waals surface area contributed by atoms with Crippen LogP contribution in [0.25, 0.3) is 0 Å². The van der Waals surface area contributed by atoms with Crippen LogP contribution in [0.2, 0.25) is 0 Å². The normalized spacial score (nSPS) is 12.5. The first kappa shape index (κ1) is 12.4. The predicted molar refractivity (Wildman–Crippen MR) is 74.3 cm³/mol. The molecule has 2 N–H and O–H groups in total. The highest BCUT2D eigenvalue weighted by Crippen LogP contribution is 2.39. The highest BCUT2D eigenvalue weighted by Gasteiger charge is 2.14. The summed E-state index contributed by atoms with van der Waals surface area (Å²) in [5.41, 5.74) is 6.94. The zero-order valence-corrected chi connectivity index (χ0v) is 11.3. The van der Waals surface area contributed by atoms with Gasteiger partial charge in [-0.15, -0.1) is 10.2 Å². The molecular weight excluding hydrogens is 250 g/mol. The number of hydrogen-bond acceptors (Lipinski definition) is 5. The smallest absolute Gasteiger partial charge is 0.203 e. The van der Waals surface area contributed by atoms with Gasteiger partial charge in [0.1, 0.15) is 0 Å². The first-order chi connectivity index (χ1) is 8.29. The molecule has 0 aliphatic rings. The molecule has 2 rings (SSSR count). The Labute approximate surface area is 109 Å². The van der Waals surface area contributed by atoms with Gasteiger partial charge in [0.25, 0.3) is 0 Å². The lowest BCUT2D eigenvalue weighted by Gasteiger charge is -2.13. The zero-order chi connectivity index (χ0) is 12.1. The molecule has 17 heavy (non-hydrogen) atoms. The van der Waals surface area contributed by atoms with Crippen molar-refractivity contribution in [2.75, 3.05) is 5.73 Å². The minimum absolute atomic E-state index is 0.438. The fraction of sp³-hybridized carbons (Fsp3) is 0.333. The van der Waals surface area contributed by atoms with Gasteiger partial charge in [0.05, 0.1) is 0 Å². The lowest BCUT2D eigenvalue weighted by atomic mass is 10.1. The van der Waals surface area contributed by atoms with Crippen LogP contribution in [-0.4, -0.2) is 10.2 Å². The van der Waals surface area contributed by atoms with Crippen LogP contribution in [0, 0.1) is 0 Å². The van der Waals surface area contributed by atoms with Crippen LogP contribution in [0.4, 0.5) is 5.13 Å². The highest BCUT2D eigenvalue weighted by molar-refractivity contribution is 8.01. The number of thioether (sulfide) groups is 1. The topological polar surface area (TPSA) is 51.8 Å². The van der Waals surface area contributed by atoms with Gasteiger partial charge in [-0.05, 0) is 12.0 Å². The summed E-state index contributed by atoms with van der Waals surface area (Å²) in [4.78, 5) is 0. The summed E-state index contributed by atoms with van der Waals surface area (Å²) >= 11 is 3.21. The molecule has 0 bridgehead atoms. The van der Waals surface area contributed by atoms with Gasteiger partial charge in [-0.3, -0.25) is 0 Å². The van der Waals surface area contributed by atoms with Gasteiger partial charge in [-0.2, -0.15) is 0 Å². The molecule has 0 fully saturated rings. The number of anilines is 1. The second-order valence-electron chi connectivity index (χ2n) is 3.71. The van der Waals surface area contributed by atoms with E-state index in [-0.39, 0.29) is 0 Å². The second kappa shape index (κ2) is 6.02. The molecule has 0 spiro atoms. The van der Waals surface area contributed by atoms with E-state index in [2.05, 4.69) is 41.4 Å². The van der Waals surface area contributed by atoms with Crippen LogP contribution < -0.4 is 5.73 Å². The molecule has 1 aromatic carbocycles. The van der Waals surface area contributed by atoms with E-state index in [1.165, 1.54) is 16.9 Å². The van der Waals surface area contributed by atoms with Crippen molar-refractivity contribution in [1.29, 1.82) is 0 Å². The fourth-order valence-electron chi connectivity index (χ4n) is 1.61. The van der Waals surface area contributed by atoms with E-state index in [1.807, 2.05) is 6.07 Å². The predicted octanol–water partition coefficient (Wildman–Crippen LogP) is 3.75. The van der Waals surface area contributed by atoms with Crippen molar-refractivity contribution in [3.63, 3.8) is 0 Å². The maximum atomic E-state index is 5.60. The summed E-state index contributed by atoms with van der Waals surface area (Å²) in [6.45, 7) is 2.20. The summed E-state index contributed by atoms with van der Waals surface area (Å²) in [6, 6.07) is 10.5. The molecule has 1 unspecified atom stereocenters. The maximum Gasteiger partial charge on any atom is 0.203 e. The van der Waals surface area contributed by atoms with E-state index in [4.69, 9.17) is 5.73 Å². The number of benzene rings is 1. The zero-order valence-electron chi connectivity index (χ0n) is 9.67. The molecule has 0 saturated carbocycles. The van der Waals surface area contributed by atoms with Gasteiger partial charge in [0, 0.05) is 5.25 Å². The van der Waals surface area contributed by atoms with Crippen molar-refractivity contribution >= 4 is 28.2 Å². The Morgan fingerprint density at radius 2 is 2.06 bits per heavy atom. The van der Waals surface area contributed by atoms with E-state index in [0.29, 0.717) is 10.4 Å². The van der Waals surface area contributed by atoms with Crippen LogP contribution in [-0.2, 0) is 0 Å². The molecule has 90 valence electrons. The SMILES string of the molecule is CCCC(Sc1nnc(N)s1)c1ccccc1. The van der Waals surface area contributed by atoms with E-state index < -0.39 is 0 Å². The fourth-order valence-corrected chi connectivity index (χ4v) is 3.73. The third-order valence-electron chi connectivity index (χ3n) is 2.39. The third kappa shape index (κ3) is 3.44. The van der Waals surface area contributed by atoms with Gasteiger partial charge in [0.2, 0.25) is 5.13 Å². The van der Waals surface area contributed by atoms with E-state index >= 15 is 0 Å². The number of nitrogen functional groups attached to an aromatic ring is 1. The van der Waals surface area contributed by atoms with Gasteiger partial charge in [-0.1, -0.05) is 66.8 Å². The summed E-state index contributed by atoms with van der Waals surface area (Å²) in [7, 11) is 0. The Bertz CT molecular complexity index is 456. The van der Waals surface area contributed by atoms with Crippen LogP contribution in [0.1, 0.15) is 30.6 Å². The lowest BCUT2D eigenvalue weighted by molar-refractivity contribution is 0.777. The molecule has 1 atom stereocenters. The van der Waals surface area contributed by atoms with Crippen molar-refractivity contribution in [2.24, 2.45) is 0 Å². The molecule has 1 aromatic heterocycles. The average molecular weight is 265 g/mol. The van der Waals surface area contributed by atoms with Crippen molar-refractivity contribution in [3.05, 3.63) is 35.9 Å². The van der Waals surface area contributed by atoms with Crippen molar-refractivity contribution in [3.8, 4) is 0 Å². The summed E-state index contributed by atoms with van der Waals surface area (Å²) < 4.78 is 0.949. The Morgan fingerprint density at radius 1 is 1.29 bits per heavy atom. The Kier molecular flexibility index (Phi) is 4.39. The van der Waals surface area contributed by atoms with Gasteiger partial charge < -0.3 is 5.73 Å². The van der Waals surface area contributed by atoms with Crippen LogP contribution in [0.15, 0.2) is 34.7 Å². The van der Waals surface area contributed by atoms with Gasteiger partial charge >= 0.3 is 0 Å². The lowest BCUT2D eigenvalue weighted by Crippen LogP contribution is -1.93. The van der Waals surface area contributed by atoms with E-state index in [9.17, 15) is 0 Å². The summed E-state index contributed by atoms with van der Waals surface area (Å²) in [5.74, 6) is 0. The Hall–Kier alpha value is -1.07. The summed E-state index contributed by atoms with van der Waals surface area (Å²) in [5, 5.41) is 8.90. The Balaban J connectivity index is 2.13. The number of nitrogens with zero attached hydrogens (tertiary/aromatic N) is 2. The number of hydrogen-bond donors (Lipinski definition) is 1. The molecule has 0 amide bonds. The molecule has 0 saturated heterocycles. The average Bonchev–Trinajstić information content (AvgIpc) is 2.75. The molecule has 0 radical (unpaired) electrons. The number of aromatic nitrogens is 2. The van der Waals surface area contributed by atoms with Crippen LogP contribution in [0.3, 0.4) is 0 Å². The van der Waals surface area contributed by atoms with Crippen LogP contribution in [0.5, 0.6) is 0 Å². The second-order valence-corrected chi connectivity index (χ2v) is 6.17. The first-order valence-corrected chi connectivity index (χ1v) is 7.29. The first-order valence-electron chi connectivity index (χ1n) is 5.60. The monoisotopic (exact) mass is 265 g/mol. The van der Waals surface area contributed by atoms with Crippen molar-refractivity contribution in [2.45, 2.75) is 29.4 Å². The molecule has 1 heterocycles.